The van der Waals surface area contributed by atoms with Crippen LogP contribution in [0.1, 0.15) is 12.5 Å². The monoisotopic (exact) mass is 512 g/mol. The molecule has 1 aromatic carbocycles. The Balaban J connectivity index is 0.00000300. The fourth-order valence-corrected chi connectivity index (χ4v) is 3.22. The van der Waals surface area contributed by atoms with Crippen LogP contribution in [0.3, 0.4) is 0 Å². The van der Waals surface area contributed by atoms with Crippen LogP contribution in [0, 0.1) is 5.82 Å². The molecule has 2 aromatic rings. The van der Waals surface area contributed by atoms with E-state index in [4.69, 9.17) is 4.99 Å². The maximum atomic E-state index is 13.1. The number of pyridine rings is 1. The Kier molecular flexibility index (Phi) is 8.94. The van der Waals surface area contributed by atoms with Crippen LogP contribution in [0.2, 0.25) is 0 Å². The fourth-order valence-electron chi connectivity index (χ4n) is 3.22. The molecule has 8 heteroatoms. The highest BCUT2D eigenvalue weighted by Gasteiger charge is 2.19. The van der Waals surface area contributed by atoms with E-state index in [1.165, 1.54) is 12.1 Å². The lowest BCUT2D eigenvalue weighted by Crippen LogP contribution is -2.52. The van der Waals surface area contributed by atoms with Gasteiger partial charge in [0.05, 0.1) is 6.54 Å². The summed E-state index contributed by atoms with van der Waals surface area (Å²) in [5.74, 6) is 1.67. The molecule has 158 valence electrons. The number of guanidine groups is 1. The summed E-state index contributed by atoms with van der Waals surface area (Å²) in [6.45, 7) is 7.05. The van der Waals surface area contributed by atoms with Crippen LogP contribution in [-0.2, 0) is 6.54 Å². The number of aliphatic imine (C=N–C) groups is 1. The van der Waals surface area contributed by atoms with Gasteiger partial charge >= 0.3 is 0 Å². The maximum Gasteiger partial charge on any atom is 0.194 e. The smallest absolute Gasteiger partial charge is 0.194 e. The van der Waals surface area contributed by atoms with Gasteiger partial charge in [-0.15, -0.1) is 24.0 Å². The summed E-state index contributed by atoms with van der Waals surface area (Å²) in [6.07, 6.45) is 1.83. The van der Waals surface area contributed by atoms with Gasteiger partial charge in [0.25, 0.3) is 0 Å². The van der Waals surface area contributed by atoms with Crippen molar-refractivity contribution in [2.75, 3.05) is 56.6 Å². The molecule has 0 spiro atoms. The third-order valence-corrected chi connectivity index (χ3v) is 4.79. The van der Waals surface area contributed by atoms with E-state index in [2.05, 4.69) is 33.1 Å². The highest BCUT2D eigenvalue weighted by Crippen LogP contribution is 2.17. The number of anilines is 2. The van der Waals surface area contributed by atoms with Crippen molar-refractivity contribution in [3.05, 3.63) is 54.0 Å². The molecular weight excluding hydrogens is 482 g/mol. The van der Waals surface area contributed by atoms with Crippen molar-refractivity contribution in [3.8, 4) is 0 Å². The topological polar surface area (TPSA) is 47.0 Å². The minimum atomic E-state index is -0.197. The quantitative estimate of drug-likeness (QED) is 0.379. The number of hydrogen-bond donors (Lipinski definition) is 1. The van der Waals surface area contributed by atoms with Gasteiger partial charge in [0.1, 0.15) is 11.6 Å². The van der Waals surface area contributed by atoms with Gasteiger partial charge in [-0.2, -0.15) is 0 Å². The van der Waals surface area contributed by atoms with Crippen molar-refractivity contribution < 1.29 is 4.39 Å². The predicted octanol–water partition coefficient (Wildman–Crippen LogP) is 3.19. The first-order valence-electron chi connectivity index (χ1n) is 9.73. The first-order chi connectivity index (χ1) is 13.6. The average molecular weight is 512 g/mol. The number of rotatable bonds is 5. The number of halogens is 2. The average Bonchev–Trinajstić information content (AvgIpc) is 2.72. The lowest BCUT2D eigenvalue weighted by Gasteiger charge is -2.37. The summed E-state index contributed by atoms with van der Waals surface area (Å²) in [5, 5.41) is 3.40. The number of nitrogens with one attached hydrogen (secondary N) is 1. The van der Waals surface area contributed by atoms with Crippen LogP contribution < -0.4 is 15.1 Å². The summed E-state index contributed by atoms with van der Waals surface area (Å²) in [6, 6.07) is 10.8. The summed E-state index contributed by atoms with van der Waals surface area (Å²) in [5.41, 5.74) is 2.20. The number of benzene rings is 1. The Hall–Kier alpha value is -2.10. The normalized spacial score (nSPS) is 14.4. The molecule has 0 bridgehead atoms. The van der Waals surface area contributed by atoms with Gasteiger partial charge in [0.2, 0.25) is 0 Å². The zero-order valence-electron chi connectivity index (χ0n) is 17.3. The molecule has 0 atom stereocenters. The molecule has 1 fully saturated rings. The summed E-state index contributed by atoms with van der Waals surface area (Å²) < 4.78 is 13.1. The highest BCUT2D eigenvalue weighted by molar-refractivity contribution is 14.0. The zero-order chi connectivity index (χ0) is 19.9. The molecular formula is C21H30FIN6. The summed E-state index contributed by atoms with van der Waals surface area (Å²) in [4.78, 5) is 15.8. The van der Waals surface area contributed by atoms with Crippen molar-refractivity contribution in [2.45, 2.75) is 13.5 Å². The second-order valence-corrected chi connectivity index (χ2v) is 7.04. The van der Waals surface area contributed by atoms with E-state index in [9.17, 15) is 4.39 Å². The van der Waals surface area contributed by atoms with Crippen molar-refractivity contribution in [2.24, 2.45) is 4.99 Å². The van der Waals surface area contributed by atoms with Crippen molar-refractivity contribution >= 4 is 41.4 Å². The minimum absolute atomic E-state index is 0. The van der Waals surface area contributed by atoms with Crippen molar-refractivity contribution in [3.63, 3.8) is 0 Å². The van der Waals surface area contributed by atoms with Crippen molar-refractivity contribution in [1.82, 2.24) is 15.2 Å². The third-order valence-electron chi connectivity index (χ3n) is 4.79. The third kappa shape index (κ3) is 6.45. The van der Waals surface area contributed by atoms with Crippen LogP contribution in [0.4, 0.5) is 15.9 Å². The fraction of sp³-hybridized carbons (Fsp3) is 0.429. The van der Waals surface area contributed by atoms with Gasteiger partial charge < -0.3 is 20.0 Å². The van der Waals surface area contributed by atoms with Gasteiger partial charge in [0.15, 0.2) is 5.96 Å². The molecule has 0 amide bonds. The first-order valence-corrected chi connectivity index (χ1v) is 9.73. The zero-order valence-corrected chi connectivity index (χ0v) is 19.6. The first kappa shape index (κ1) is 23.2. The molecule has 6 nitrogen and oxygen atoms in total. The van der Waals surface area contributed by atoms with E-state index in [1.54, 1.807) is 0 Å². The predicted molar refractivity (Wildman–Crippen MR) is 129 cm³/mol. The van der Waals surface area contributed by atoms with Crippen molar-refractivity contribution in [1.29, 1.82) is 0 Å². The largest absolute Gasteiger partial charge is 0.368 e. The van der Waals surface area contributed by atoms with E-state index >= 15 is 0 Å². The molecule has 3 rings (SSSR count). The highest BCUT2D eigenvalue weighted by atomic mass is 127. The Morgan fingerprint density at radius 2 is 1.83 bits per heavy atom. The van der Waals surface area contributed by atoms with E-state index in [-0.39, 0.29) is 29.8 Å². The van der Waals surface area contributed by atoms with E-state index in [0.717, 1.165) is 55.8 Å². The van der Waals surface area contributed by atoms with Gasteiger partial charge in [-0.05, 0) is 48.9 Å². The molecule has 1 N–H and O–H groups in total. The lowest BCUT2D eigenvalue weighted by molar-refractivity contribution is 0.372. The molecule has 0 aliphatic carbocycles. The van der Waals surface area contributed by atoms with Crippen LogP contribution in [0.5, 0.6) is 0 Å². The number of nitrogens with zero attached hydrogens (tertiary/aromatic N) is 5. The molecule has 2 heterocycles. The van der Waals surface area contributed by atoms with Crippen LogP contribution in [-0.4, -0.2) is 62.7 Å². The number of piperazine rings is 1. The summed E-state index contributed by atoms with van der Waals surface area (Å²) >= 11 is 0. The molecule has 1 aliphatic heterocycles. The number of hydrogen-bond acceptors (Lipinski definition) is 4. The molecule has 0 radical (unpaired) electrons. The molecule has 1 aliphatic rings. The Bertz CT molecular complexity index is 788. The van der Waals surface area contributed by atoms with E-state index < -0.39 is 0 Å². The van der Waals surface area contributed by atoms with Gasteiger partial charge in [-0.25, -0.2) is 14.4 Å². The second kappa shape index (κ2) is 11.2. The van der Waals surface area contributed by atoms with Crippen LogP contribution in [0.15, 0.2) is 47.6 Å². The second-order valence-electron chi connectivity index (χ2n) is 7.04. The van der Waals surface area contributed by atoms with E-state index in [0.29, 0.717) is 6.54 Å². The number of aromatic nitrogens is 1. The van der Waals surface area contributed by atoms with Crippen LogP contribution in [0.25, 0.3) is 0 Å². The molecule has 29 heavy (non-hydrogen) atoms. The Morgan fingerprint density at radius 3 is 2.45 bits per heavy atom. The molecule has 1 aromatic heterocycles. The SMILES string of the molecule is CCNC(=NCc1ccnc(N(C)C)c1)N1CCN(c2ccc(F)cc2)CC1.I. The Labute approximate surface area is 189 Å². The van der Waals surface area contributed by atoms with E-state index in [1.807, 2.05) is 43.4 Å². The standard InChI is InChI=1S/C21H29FN6.HI/c1-4-23-21(25-16-17-9-10-24-20(15-17)26(2)3)28-13-11-27(12-14-28)19-7-5-18(22)6-8-19;/h5-10,15H,4,11-14,16H2,1-3H3,(H,23,25);1H. The maximum absolute atomic E-state index is 13.1. The van der Waals surface area contributed by atoms with Gasteiger partial charge in [0, 0.05) is 58.7 Å². The molecule has 1 saturated heterocycles. The molecule has 0 unspecified atom stereocenters. The van der Waals surface area contributed by atoms with Crippen LogP contribution >= 0.6 is 24.0 Å². The van der Waals surface area contributed by atoms with Gasteiger partial charge in [-0.3, -0.25) is 0 Å². The molecule has 0 saturated carbocycles. The lowest BCUT2D eigenvalue weighted by atomic mass is 10.2. The van der Waals surface area contributed by atoms with Gasteiger partial charge in [-0.1, -0.05) is 0 Å². The Morgan fingerprint density at radius 1 is 1.14 bits per heavy atom. The minimum Gasteiger partial charge on any atom is -0.368 e. The summed E-state index contributed by atoms with van der Waals surface area (Å²) in [7, 11) is 3.97.